The van der Waals surface area contributed by atoms with Crippen molar-refractivity contribution < 1.29 is 14.9 Å². The Kier molecular flexibility index (Phi) is 4.19. The van der Waals surface area contributed by atoms with Crippen LogP contribution in [-0.2, 0) is 0 Å². The van der Waals surface area contributed by atoms with Crippen LogP contribution in [0.25, 0.3) is 0 Å². The van der Waals surface area contributed by atoms with E-state index in [-0.39, 0.29) is 33.7 Å². The fourth-order valence-corrected chi connectivity index (χ4v) is 1.79. The zero-order chi connectivity index (χ0) is 15.4. The molecule has 9 heteroatoms. The number of nitro groups is 1. The molecule has 0 aliphatic heterocycles. The zero-order valence-electron chi connectivity index (χ0n) is 10.4. The molecule has 0 aliphatic carbocycles. The number of halogens is 1. The standard InChI is InChI=1S/C12H9ClN4O4/c13-10-7(11(14)16-18)5-6-15-12(10)21-9-4-2-1-3-8(9)17(19)20/h1-6,18H,(H2,14,16). The van der Waals surface area contributed by atoms with E-state index in [2.05, 4.69) is 10.1 Å². The van der Waals surface area contributed by atoms with E-state index >= 15 is 0 Å². The summed E-state index contributed by atoms with van der Waals surface area (Å²) in [4.78, 5) is 14.2. The number of pyridine rings is 1. The first-order chi connectivity index (χ1) is 10.0. The van der Waals surface area contributed by atoms with Crippen molar-refractivity contribution in [2.75, 3.05) is 0 Å². The Morgan fingerprint density at radius 3 is 2.81 bits per heavy atom. The van der Waals surface area contributed by atoms with Crippen LogP contribution in [0.2, 0.25) is 5.02 Å². The zero-order valence-corrected chi connectivity index (χ0v) is 11.2. The van der Waals surface area contributed by atoms with Crippen molar-refractivity contribution in [2.45, 2.75) is 0 Å². The molecule has 3 N–H and O–H groups in total. The molecule has 0 amide bonds. The molecular weight excluding hydrogens is 300 g/mol. The predicted octanol–water partition coefficient (Wildman–Crippen LogP) is 2.53. The highest BCUT2D eigenvalue weighted by Crippen LogP contribution is 2.34. The van der Waals surface area contributed by atoms with Gasteiger partial charge in [-0.2, -0.15) is 0 Å². The molecule has 0 fully saturated rings. The molecule has 0 saturated carbocycles. The summed E-state index contributed by atoms with van der Waals surface area (Å²) in [6.45, 7) is 0. The first-order valence-electron chi connectivity index (χ1n) is 5.58. The van der Waals surface area contributed by atoms with Gasteiger partial charge in [0.2, 0.25) is 11.6 Å². The van der Waals surface area contributed by atoms with Crippen LogP contribution < -0.4 is 10.5 Å². The van der Waals surface area contributed by atoms with Crippen molar-refractivity contribution in [1.29, 1.82) is 0 Å². The molecule has 2 rings (SSSR count). The monoisotopic (exact) mass is 308 g/mol. The van der Waals surface area contributed by atoms with Gasteiger partial charge in [0.25, 0.3) is 0 Å². The molecule has 0 unspecified atom stereocenters. The fraction of sp³-hybridized carbons (Fsp3) is 0. The summed E-state index contributed by atoms with van der Waals surface area (Å²) < 4.78 is 5.36. The molecule has 0 bridgehead atoms. The third-order valence-corrected chi connectivity index (χ3v) is 2.87. The van der Waals surface area contributed by atoms with Crippen LogP contribution in [0.5, 0.6) is 11.6 Å². The second-order valence-corrected chi connectivity index (χ2v) is 4.17. The van der Waals surface area contributed by atoms with Crippen molar-refractivity contribution in [3.63, 3.8) is 0 Å². The first-order valence-corrected chi connectivity index (χ1v) is 5.96. The van der Waals surface area contributed by atoms with E-state index in [1.165, 1.54) is 30.5 Å². The number of para-hydroxylation sites is 2. The third-order valence-electron chi connectivity index (χ3n) is 2.51. The average Bonchev–Trinajstić information content (AvgIpc) is 2.49. The molecule has 1 aromatic carbocycles. The Labute approximate surface area is 123 Å². The number of nitro benzene ring substituents is 1. The highest BCUT2D eigenvalue weighted by Gasteiger charge is 2.18. The average molecular weight is 309 g/mol. The van der Waals surface area contributed by atoms with Crippen molar-refractivity contribution in [3.05, 3.63) is 57.2 Å². The smallest absolute Gasteiger partial charge is 0.311 e. The van der Waals surface area contributed by atoms with Crippen LogP contribution in [-0.4, -0.2) is 21.0 Å². The first kappa shape index (κ1) is 14.5. The van der Waals surface area contributed by atoms with Gasteiger partial charge in [0.15, 0.2) is 5.84 Å². The maximum absolute atomic E-state index is 10.9. The van der Waals surface area contributed by atoms with E-state index in [9.17, 15) is 10.1 Å². The van der Waals surface area contributed by atoms with Gasteiger partial charge in [-0.25, -0.2) is 4.98 Å². The molecule has 21 heavy (non-hydrogen) atoms. The molecule has 1 aromatic heterocycles. The van der Waals surface area contributed by atoms with Gasteiger partial charge in [-0.15, -0.1) is 0 Å². The van der Waals surface area contributed by atoms with Crippen LogP contribution in [0.15, 0.2) is 41.7 Å². The minimum absolute atomic E-state index is 0.0199. The van der Waals surface area contributed by atoms with Gasteiger partial charge in [-0.05, 0) is 12.1 Å². The van der Waals surface area contributed by atoms with Gasteiger partial charge in [0.1, 0.15) is 5.02 Å². The Bertz CT molecular complexity index is 720. The van der Waals surface area contributed by atoms with Gasteiger partial charge >= 0.3 is 5.69 Å². The molecule has 0 saturated heterocycles. The second kappa shape index (κ2) is 6.06. The highest BCUT2D eigenvalue weighted by molar-refractivity contribution is 6.35. The van der Waals surface area contributed by atoms with Crippen molar-refractivity contribution in [2.24, 2.45) is 10.9 Å². The summed E-state index contributed by atoms with van der Waals surface area (Å²) in [7, 11) is 0. The van der Waals surface area contributed by atoms with Crippen LogP contribution in [0.3, 0.4) is 0 Å². The number of benzene rings is 1. The fourth-order valence-electron chi connectivity index (χ4n) is 1.55. The number of nitrogens with zero attached hydrogens (tertiary/aromatic N) is 3. The molecule has 108 valence electrons. The van der Waals surface area contributed by atoms with Gasteiger partial charge in [0.05, 0.1) is 4.92 Å². The van der Waals surface area contributed by atoms with Crippen molar-refractivity contribution in [3.8, 4) is 11.6 Å². The molecule has 0 aliphatic rings. The van der Waals surface area contributed by atoms with Crippen molar-refractivity contribution in [1.82, 2.24) is 4.98 Å². The lowest BCUT2D eigenvalue weighted by Gasteiger charge is -2.09. The van der Waals surface area contributed by atoms with Crippen LogP contribution in [0.4, 0.5) is 5.69 Å². The summed E-state index contributed by atoms with van der Waals surface area (Å²) in [5.74, 6) is -0.335. The Balaban J connectivity index is 2.44. The van der Waals surface area contributed by atoms with E-state index in [4.69, 9.17) is 27.3 Å². The van der Waals surface area contributed by atoms with Crippen molar-refractivity contribution >= 4 is 23.1 Å². The number of hydrogen-bond donors (Lipinski definition) is 2. The normalized spacial score (nSPS) is 11.2. The Morgan fingerprint density at radius 1 is 1.43 bits per heavy atom. The topological polar surface area (TPSA) is 124 Å². The molecule has 0 spiro atoms. The number of aromatic nitrogens is 1. The lowest BCUT2D eigenvalue weighted by atomic mass is 10.2. The van der Waals surface area contributed by atoms with Gasteiger partial charge < -0.3 is 15.7 Å². The maximum Gasteiger partial charge on any atom is 0.311 e. The summed E-state index contributed by atoms with van der Waals surface area (Å²) in [6, 6.07) is 7.20. The molecule has 0 radical (unpaired) electrons. The lowest BCUT2D eigenvalue weighted by Crippen LogP contribution is -2.14. The van der Waals surface area contributed by atoms with E-state index in [1.54, 1.807) is 6.07 Å². The van der Waals surface area contributed by atoms with Gasteiger partial charge in [-0.1, -0.05) is 28.9 Å². The summed E-state index contributed by atoms with van der Waals surface area (Å²) in [5.41, 5.74) is 5.42. The number of hydrogen-bond acceptors (Lipinski definition) is 6. The summed E-state index contributed by atoms with van der Waals surface area (Å²) >= 11 is 6.03. The van der Waals surface area contributed by atoms with Crippen LogP contribution >= 0.6 is 11.6 Å². The largest absolute Gasteiger partial charge is 0.430 e. The number of amidine groups is 1. The SMILES string of the molecule is N/C(=N/O)c1ccnc(Oc2ccccc2[N+](=O)[O-])c1Cl. The quantitative estimate of drug-likeness (QED) is 0.294. The van der Waals surface area contributed by atoms with E-state index in [0.717, 1.165) is 0 Å². The predicted molar refractivity (Wildman–Crippen MR) is 74.9 cm³/mol. The molecule has 2 aromatic rings. The van der Waals surface area contributed by atoms with E-state index in [1.807, 2.05) is 0 Å². The minimum Gasteiger partial charge on any atom is -0.430 e. The second-order valence-electron chi connectivity index (χ2n) is 3.79. The molecular formula is C12H9ClN4O4. The maximum atomic E-state index is 10.9. The summed E-state index contributed by atoms with van der Waals surface area (Å²) in [5, 5.41) is 22.4. The van der Waals surface area contributed by atoms with Crippen LogP contribution in [0, 0.1) is 10.1 Å². The Hall–Kier alpha value is -2.87. The molecule has 0 atom stereocenters. The lowest BCUT2D eigenvalue weighted by molar-refractivity contribution is -0.385. The summed E-state index contributed by atoms with van der Waals surface area (Å²) in [6.07, 6.45) is 1.32. The van der Waals surface area contributed by atoms with E-state index in [0.29, 0.717) is 0 Å². The molecule has 8 nitrogen and oxygen atoms in total. The van der Waals surface area contributed by atoms with Gasteiger partial charge in [0, 0.05) is 17.8 Å². The Morgan fingerprint density at radius 2 is 2.14 bits per heavy atom. The third kappa shape index (κ3) is 3.00. The number of oxime groups is 1. The minimum atomic E-state index is -0.587. The molecule has 1 heterocycles. The number of rotatable bonds is 4. The van der Waals surface area contributed by atoms with E-state index < -0.39 is 4.92 Å². The highest BCUT2D eigenvalue weighted by atomic mass is 35.5. The van der Waals surface area contributed by atoms with Gasteiger partial charge in [-0.3, -0.25) is 10.1 Å². The van der Waals surface area contributed by atoms with Crippen LogP contribution in [0.1, 0.15) is 5.56 Å². The number of nitrogens with two attached hydrogens (primary N) is 1. The number of ether oxygens (including phenoxy) is 1.